The van der Waals surface area contributed by atoms with Gasteiger partial charge in [-0.25, -0.2) is 9.18 Å². The van der Waals surface area contributed by atoms with E-state index in [1.54, 1.807) is 30.1 Å². The van der Waals surface area contributed by atoms with Crippen LogP contribution < -0.4 is 0 Å². The fourth-order valence-electron chi connectivity index (χ4n) is 1.63. The van der Waals surface area contributed by atoms with Gasteiger partial charge in [0.25, 0.3) is 0 Å². The second kappa shape index (κ2) is 4.83. The van der Waals surface area contributed by atoms with E-state index in [4.69, 9.17) is 5.11 Å². The van der Waals surface area contributed by atoms with Crippen LogP contribution in [0.5, 0.6) is 0 Å². The molecule has 0 saturated heterocycles. The van der Waals surface area contributed by atoms with E-state index < -0.39 is 5.97 Å². The van der Waals surface area contributed by atoms with Gasteiger partial charge in [-0.15, -0.1) is 0 Å². The second-order valence-corrected chi connectivity index (χ2v) is 3.78. The fraction of sp³-hybridized carbons (Fsp3) is 0.0769. The third-order valence-electron chi connectivity index (χ3n) is 2.40. The number of hydrogen-bond donors (Lipinski definition) is 1. The first kappa shape index (κ1) is 12.0. The Kier molecular flexibility index (Phi) is 3.23. The summed E-state index contributed by atoms with van der Waals surface area (Å²) in [6.07, 6.45) is 4.20. The Morgan fingerprint density at radius 1 is 1.39 bits per heavy atom. The van der Waals surface area contributed by atoms with Gasteiger partial charge in [-0.3, -0.25) is 4.68 Å². The predicted octanol–water partition coefficient (Wildman–Crippen LogP) is 2.32. The van der Waals surface area contributed by atoms with E-state index in [2.05, 4.69) is 5.10 Å². The molecule has 0 bridgehead atoms. The number of aryl methyl sites for hydroxylation is 1. The van der Waals surface area contributed by atoms with E-state index in [-0.39, 0.29) is 5.82 Å². The maximum atomic E-state index is 12.8. The molecule has 1 aromatic heterocycles. The van der Waals surface area contributed by atoms with Gasteiger partial charge in [0.15, 0.2) is 0 Å². The van der Waals surface area contributed by atoms with Crippen molar-refractivity contribution in [1.82, 2.24) is 9.78 Å². The first-order chi connectivity index (χ1) is 8.56. The Bertz CT molecular complexity index is 600. The lowest BCUT2D eigenvalue weighted by Crippen LogP contribution is -1.89. The summed E-state index contributed by atoms with van der Waals surface area (Å²) in [5.41, 5.74) is 2.08. The molecular weight excluding hydrogens is 235 g/mol. The Morgan fingerprint density at radius 3 is 2.67 bits per heavy atom. The summed E-state index contributed by atoms with van der Waals surface area (Å²) < 4.78 is 14.4. The topological polar surface area (TPSA) is 55.1 Å². The number of hydrogen-bond acceptors (Lipinski definition) is 2. The van der Waals surface area contributed by atoms with E-state index in [0.29, 0.717) is 5.69 Å². The molecule has 18 heavy (non-hydrogen) atoms. The smallest absolute Gasteiger partial charge is 0.328 e. The van der Waals surface area contributed by atoms with E-state index in [9.17, 15) is 9.18 Å². The summed E-state index contributed by atoms with van der Waals surface area (Å²) in [5, 5.41) is 12.8. The summed E-state index contributed by atoms with van der Waals surface area (Å²) in [6.45, 7) is 0. The standard InChI is InChI=1S/C13H11FN2O2/c1-16-8-11(9-2-4-10(14)5-3-9)12(15-16)6-7-13(17)18/h2-8H,1H3,(H,17,18). The zero-order valence-electron chi connectivity index (χ0n) is 9.67. The molecule has 0 aliphatic carbocycles. The number of carboxylic acid groups (broad SMARTS) is 1. The number of nitrogens with zero attached hydrogens (tertiary/aromatic N) is 2. The molecular formula is C13H11FN2O2. The van der Waals surface area contributed by atoms with Crippen molar-refractivity contribution in [2.75, 3.05) is 0 Å². The number of aliphatic carboxylic acids is 1. The zero-order chi connectivity index (χ0) is 13.1. The third-order valence-corrected chi connectivity index (χ3v) is 2.40. The number of halogens is 1. The average molecular weight is 246 g/mol. The second-order valence-electron chi connectivity index (χ2n) is 3.78. The van der Waals surface area contributed by atoms with Crippen molar-refractivity contribution >= 4 is 12.0 Å². The molecule has 0 saturated carbocycles. The third kappa shape index (κ3) is 2.63. The van der Waals surface area contributed by atoms with Gasteiger partial charge in [0.1, 0.15) is 5.82 Å². The molecule has 0 unspecified atom stereocenters. The summed E-state index contributed by atoms with van der Waals surface area (Å²) in [7, 11) is 1.74. The van der Waals surface area contributed by atoms with Crippen molar-refractivity contribution in [2.24, 2.45) is 7.05 Å². The number of rotatable bonds is 3. The number of carbonyl (C=O) groups is 1. The van der Waals surface area contributed by atoms with Crippen LogP contribution in [0.2, 0.25) is 0 Å². The van der Waals surface area contributed by atoms with Crippen molar-refractivity contribution in [3.8, 4) is 11.1 Å². The molecule has 1 N–H and O–H groups in total. The molecule has 0 atom stereocenters. The molecule has 5 heteroatoms. The first-order valence-electron chi connectivity index (χ1n) is 5.27. The Hall–Kier alpha value is -2.43. The van der Waals surface area contributed by atoms with Crippen LogP contribution in [0, 0.1) is 5.82 Å². The summed E-state index contributed by atoms with van der Waals surface area (Å²) in [5.74, 6) is -1.35. The van der Waals surface area contributed by atoms with Crippen LogP contribution in [-0.4, -0.2) is 20.9 Å². The van der Waals surface area contributed by atoms with Crippen molar-refractivity contribution in [3.05, 3.63) is 48.0 Å². The molecule has 0 radical (unpaired) electrons. The lowest BCUT2D eigenvalue weighted by Gasteiger charge is -1.98. The summed E-state index contributed by atoms with van der Waals surface area (Å²) in [6, 6.07) is 5.97. The monoisotopic (exact) mass is 246 g/mol. The minimum atomic E-state index is -1.04. The van der Waals surface area contributed by atoms with Crippen LogP contribution in [0.25, 0.3) is 17.2 Å². The van der Waals surface area contributed by atoms with E-state index in [1.165, 1.54) is 18.2 Å². The molecule has 0 amide bonds. The molecule has 0 aliphatic rings. The fourth-order valence-corrected chi connectivity index (χ4v) is 1.63. The molecule has 2 rings (SSSR count). The van der Waals surface area contributed by atoms with Crippen LogP contribution in [0.15, 0.2) is 36.5 Å². The van der Waals surface area contributed by atoms with Gasteiger partial charge in [-0.1, -0.05) is 12.1 Å². The van der Waals surface area contributed by atoms with Gasteiger partial charge in [0.05, 0.1) is 5.69 Å². The van der Waals surface area contributed by atoms with Gasteiger partial charge in [0, 0.05) is 24.9 Å². The Balaban J connectivity index is 2.44. The Labute approximate surface area is 103 Å². The van der Waals surface area contributed by atoms with Crippen LogP contribution in [0.3, 0.4) is 0 Å². The first-order valence-corrected chi connectivity index (χ1v) is 5.27. The maximum absolute atomic E-state index is 12.8. The SMILES string of the molecule is Cn1cc(-c2ccc(F)cc2)c(C=CC(=O)O)n1. The highest BCUT2D eigenvalue weighted by atomic mass is 19.1. The lowest BCUT2D eigenvalue weighted by molar-refractivity contribution is -0.131. The quantitative estimate of drug-likeness (QED) is 0.845. The highest BCUT2D eigenvalue weighted by Gasteiger charge is 2.07. The zero-order valence-corrected chi connectivity index (χ0v) is 9.67. The molecule has 1 aromatic carbocycles. The van der Waals surface area contributed by atoms with Crippen molar-refractivity contribution in [2.45, 2.75) is 0 Å². The molecule has 0 spiro atoms. The molecule has 0 fully saturated rings. The molecule has 2 aromatic rings. The van der Waals surface area contributed by atoms with Crippen molar-refractivity contribution in [1.29, 1.82) is 0 Å². The van der Waals surface area contributed by atoms with Gasteiger partial charge >= 0.3 is 5.97 Å². The maximum Gasteiger partial charge on any atom is 0.328 e. The van der Waals surface area contributed by atoms with Crippen LogP contribution in [0.1, 0.15) is 5.69 Å². The highest BCUT2D eigenvalue weighted by molar-refractivity contribution is 5.87. The Morgan fingerprint density at radius 2 is 2.06 bits per heavy atom. The van der Waals surface area contributed by atoms with Gasteiger partial charge in [-0.05, 0) is 23.8 Å². The molecule has 4 nitrogen and oxygen atoms in total. The van der Waals surface area contributed by atoms with E-state index in [1.807, 2.05) is 0 Å². The summed E-state index contributed by atoms with van der Waals surface area (Å²) in [4.78, 5) is 10.5. The minimum Gasteiger partial charge on any atom is -0.478 e. The van der Waals surface area contributed by atoms with Crippen LogP contribution in [-0.2, 0) is 11.8 Å². The van der Waals surface area contributed by atoms with Crippen LogP contribution >= 0.6 is 0 Å². The number of benzene rings is 1. The normalized spacial score (nSPS) is 11.0. The summed E-state index contributed by atoms with van der Waals surface area (Å²) >= 11 is 0. The number of carboxylic acids is 1. The highest BCUT2D eigenvalue weighted by Crippen LogP contribution is 2.23. The van der Waals surface area contributed by atoms with Gasteiger partial charge in [-0.2, -0.15) is 5.10 Å². The molecule has 0 aliphatic heterocycles. The van der Waals surface area contributed by atoms with Gasteiger partial charge in [0.2, 0.25) is 0 Å². The minimum absolute atomic E-state index is 0.315. The number of aromatic nitrogens is 2. The van der Waals surface area contributed by atoms with Crippen LogP contribution in [0.4, 0.5) is 4.39 Å². The molecule has 92 valence electrons. The van der Waals surface area contributed by atoms with Crippen molar-refractivity contribution in [3.63, 3.8) is 0 Å². The average Bonchev–Trinajstić information content (AvgIpc) is 2.69. The lowest BCUT2D eigenvalue weighted by atomic mass is 10.1. The van der Waals surface area contributed by atoms with E-state index in [0.717, 1.165) is 17.2 Å². The largest absolute Gasteiger partial charge is 0.478 e. The molecule has 1 heterocycles. The van der Waals surface area contributed by atoms with Gasteiger partial charge < -0.3 is 5.11 Å². The van der Waals surface area contributed by atoms with Crippen molar-refractivity contribution < 1.29 is 14.3 Å². The predicted molar refractivity (Wildman–Crippen MR) is 65.3 cm³/mol. The van der Waals surface area contributed by atoms with E-state index >= 15 is 0 Å².